The van der Waals surface area contributed by atoms with Crippen LogP contribution in [0.2, 0.25) is 0 Å². The molecule has 7 N–H and O–H groups in total. The van der Waals surface area contributed by atoms with Gasteiger partial charge in [-0.2, -0.15) is 0 Å². The summed E-state index contributed by atoms with van der Waals surface area (Å²) < 4.78 is 0. The lowest BCUT2D eigenvalue weighted by molar-refractivity contribution is -0.149. The van der Waals surface area contributed by atoms with Crippen LogP contribution in [0.25, 0.3) is 0 Å². The summed E-state index contributed by atoms with van der Waals surface area (Å²) in [5.74, 6) is -2.49. The fraction of sp³-hybridized carbons (Fsp3) is 0.545. The molecule has 1 aliphatic heterocycles. The van der Waals surface area contributed by atoms with Crippen molar-refractivity contribution in [3.63, 3.8) is 0 Å². The first kappa shape index (κ1) is 25.3. The molecular formula is C22H33N5O5. The van der Waals surface area contributed by atoms with Gasteiger partial charge >= 0.3 is 5.97 Å². The SMILES string of the molecule is NCCCCC(NC(=O)CNC(=O)C(N)Cc1ccccc1)C(=O)N1CCCC1C(=O)O. The Hall–Kier alpha value is -2.98. The molecule has 32 heavy (non-hydrogen) atoms. The van der Waals surface area contributed by atoms with Crippen molar-refractivity contribution < 1.29 is 24.3 Å². The molecule has 1 heterocycles. The van der Waals surface area contributed by atoms with Crippen LogP contribution in [0.15, 0.2) is 30.3 Å². The van der Waals surface area contributed by atoms with E-state index in [0.717, 1.165) is 5.56 Å². The number of rotatable bonds is 12. The number of hydrogen-bond acceptors (Lipinski definition) is 6. The second-order valence-corrected chi connectivity index (χ2v) is 7.95. The van der Waals surface area contributed by atoms with Crippen LogP contribution in [0.4, 0.5) is 0 Å². The summed E-state index contributed by atoms with van der Waals surface area (Å²) in [4.78, 5) is 50.4. The van der Waals surface area contributed by atoms with E-state index in [1.54, 1.807) is 0 Å². The highest BCUT2D eigenvalue weighted by molar-refractivity contribution is 5.92. The molecule has 0 aliphatic carbocycles. The zero-order chi connectivity index (χ0) is 23.5. The van der Waals surface area contributed by atoms with E-state index < -0.39 is 41.8 Å². The molecule has 3 atom stereocenters. The lowest BCUT2D eigenvalue weighted by atomic mass is 10.1. The van der Waals surface area contributed by atoms with Crippen molar-refractivity contribution in [2.24, 2.45) is 11.5 Å². The first-order valence-corrected chi connectivity index (χ1v) is 10.9. The van der Waals surface area contributed by atoms with Gasteiger partial charge in [-0.25, -0.2) is 4.79 Å². The van der Waals surface area contributed by atoms with Gasteiger partial charge in [-0.05, 0) is 50.6 Å². The highest BCUT2D eigenvalue weighted by atomic mass is 16.4. The molecule has 1 aliphatic rings. The van der Waals surface area contributed by atoms with Gasteiger partial charge in [0.25, 0.3) is 0 Å². The Bertz CT molecular complexity index is 788. The van der Waals surface area contributed by atoms with E-state index >= 15 is 0 Å². The van der Waals surface area contributed by atoms with Gasteiger partial charge in [0.05, 0.1) is 12.6 Å². The van der Waals surface area contributed by atoms with Crippen LogP contribution in [0.1, 0.15) is 37.7 Å². The monoisotopic (exact) mass is 447 g/mol. The second-order valence-electron chi connectivity index (χ2n) is 7.95. The quantitative estimate of drug-likeness (QED) is 0.266. The third-order valence-electron chi connectivity index (χ3n) is 5.46. The Morgan fingerprint density at radius 3 is 2.53 bits per heavy atom. The highest BCUT2D eigenvalue weighted by Crippen LogP contribution is 2.19. The van der Waals surface area contributed by atoms with E-state index in [2.05, 4.69) is 10.6 Å². The molecule has 2 rings (SSSR count). The number of amides is 3. The number of unbranched alkanes of at least 4 members (excludes halogenated alkanes) is 1. The summed E-state index contributed by atoms with van der Waals surface area (Å²) in [6.45, 7) is 0.459. The molecule has 10 nitrogen and oxygen atoms in total. The summed E-state index contributed by atoms with van der Waals surface area (Å²) in [5, 5.41) is 14.5. The number of nitrogens with one attached hydrogen (secondary N) is 2. The van der Waals surface area contributed by atoms with E-state index in [0.29, 0.717) is 51.6 Å². The standard InChI is InChI=1S/C22H33N5O5/c23-11-5-4-9-17(21(30)27-12-6-10-18(27)22(31)32)26-19(28)14-25-20(29)16(24)13-15-7-2-1-3-8-15/h1-3,7-8,16-18H,4-6,9-14,23-24H2,(H,25,29)(H,26,28)(H,31,32). The van der Waals surface area contributed by atoms with Crippen molar-refractivity contribution in [2.45, 2.75) is 56.7 Å². The van der Waals surface area contributed by atoms with Crippen LogP contribution in [-0.2, 0) is 25.6 Å². The topological polar surface area (TPSA) is 168 Å². The molecule has 0 bridgehead atoms. The number of carbonyl (C=O) groups excluding carboxylic acids is 3. The van der Waals surface area contributed by atoms with Crippen LogP contribution in [0.3, 0.4) is 0 Å². The predicted molar refractivity (Wildman–Crippen MR) is 118 cm³/mol. The number of carbonyl (C=O) groups is 4. The van der Waals surface area contributed by atoms with Gasteiger partial charge in [-0.3, -0.25) is 14.4 Å². The molecule has 1 aromatic rings. The summed E-state index contributed by atoms with van der Waals surface area (Å²) >= 11 is 0. The number of carboxylic acid groups (broad SMARTS) is 1. The summed E-state index contributed by atoms with van der Waals surface area (Å²) in [5.41, 5.74) is 12.3. The molecule has 0 radical (unpaired) electrons. The number of hydrogen-bond donors (Lipinski definition) is 5. The van der Waals surface area contributed by atoms with Crippen molar-refractivity contribution in [2.75, 3.05) is 19.6 Å². The molecule has 3 amide bonds. The average molecular weight is 448 g/mol. The van der Waals surface area contributed by atoms with Gasteiger partial charge in [0.15, 0.2) is 0 Å². The number of nitrogens with two attached hydrogens (primary N) is 2. The Labute approximate surface area is 187 Å². The Morgan fingerprint density at radius 2 is 1.88 bits per heavy atom. The number of benzene rings is 1. The molecule has 1 aromatic carbocycles. The molecule has 1 saturated heterocycles. The van der Waals surface area contributed by atoms with Crippen LogP contribution in [0.5, 0.6) is 0 Å². The van der Waals surface area contributed by atoms with Gasteiger partial charge < -0.3 is 32.1 Å². The molecule has 1 fully saturated rings. The smallest absolute Gasteiger partial charge is 0.326 e. The fourth-order valence-corrected chi connectivity index (χ4v) is 3.74. The Kier molecular flexibility index (Phi) is 10.1. The van der Waals surface area contributed by atoms with E-state index in [9.17, 15) is 24.3 Å². The maximum Gasteiger partial charge on any atom is 0.326 e. The highest BCUT2D eigenvalue weighted by Gasteiger charge is 2.37. The minimum Gasteiger partial charge on any atom is -0.480 e. The van der Waals surface area contributed by atoms with Crippen molar-refractivity contribution >= 4 is 23.7 Å². The second kappa shape index (κ2) is 12.8. The number of aliphatic carboxylic acids is 1. The van der Waals surface area contributed by atoms with Crippen molar-refractivity contribution in [3.8, 4) is 0 Å². The van der Waals surface area contributed by atoms with Crippen molar-refractivity contribution in [3.05, 3.63) is 35.9 Å². The van der Waals surface area contributed by atoms with Crippen molar-refractivity contribution in [1.29, 1.82) is 0 Å². The Morgan fingerprint density at radius 1 is 1.16 bits per heavy atom. The van der Waals surface area contributed by atoms with Crippen LogP contribution in [0, 0.1) is 0 Å². The lowest BCUT2D eigenvalue weighted by Gasteiger charge is -2.27. The minimum absolute atomic E-state index is 0.329. The largest absolute Gasteiger partial charge is 0.480 e. The first-order chi connectivity index (χ1) is 15.3. The van der Waals surface area contributed by atoms with E-state index in [4.69, 9.17) is 11.5 Å². The molecule has 10 heteroatoms. The molecule has 0 saturated carbocycles. The Balaban J connectivity index is 1.90. The molecule has 176 valence electrons. The third kappa shape index (κ3) is 7.61. The van der Waals surface area contributed by atoms with E-state index in [1.165, 1.54) is 4.90 Å². The van der Waals surface area contributed by atoms with Gasteiger partial charge in [-0.15, -0.1) is 0 Å². The molecule has 3 unspecified atom stereocenters. The number of likely N-dealkylation sites (tertiary alicyclic amines) is 1. The zero-order valence-corrected chi connectivity index (χ0v) is 18.2. The minimum atomic E-state index is -1.05. The van der Waals surface area contributed by atoms with Crippen LogP contribution >= 0.6 is 0 Å². The van der Waals surface area contributed by atoms with Crippen LogP contribution in [-0.4, -0.2) is 71.5 Å². The molecule has 0 aromatic heterocycles. The lowest BCUT2D eigenvalue weighted by Crippen LogP contribution is -2.53. The van der Waals surface area contributed by atoms with E-state index in [-0.39, 0.29) is 6.54 Å². The maximum atomic E-state index is 12.9. The summed E-state index contributed by atoms with van der Waals surface area (Å²) in [6, 6.07) is 6.73. The fourth-order valence-electron chi connectivity index (χ4n) is 3.74. The number of carboxylic acids is 1. The normalized spacial score (nSPS) is 17.4. The van der Waals surface area contributed by atoms with E-state index in [1.807, 2.05) is 30.3 Å². The third-order valence-corrected chi connectivity index (χ3v) is 5.46. The average Bonchev–Trinajstić information content (AvgIpc) is 3.27. The number of nitrogens with zero attached hydrogens (tertiary/aromatic N) is 1. The van der Waals surface area contributed by atoms with Gasteiger partial charge in [0, 0.05) is 6.54 Å². The summed E-state index contributed by atoms with van der Waals surface area (Å²) in [7, 11) is 0. The van der Waals surface area contributed by atoms with Gasteiger partial charge in [0.1, 0.15) is 12.1 Å². The summed E-state index contributed by atoms with van der Waals surface area (Å²) in [6.07, 6.45) is 2.94. The predicted octanol–water partition coefficient (Wildman–Crippen LogP) is -0.638. The van der Waals surface area contributed by atoms with Gasteiger partial charge in [0.2, 0.25) is 17.7 Å². The van der Waals surface area contributed by atoms with Gasteiger partial charge in [-0.1, -0.05) is 30.3 Å². The first-order valence-electron chi connectivity index (χ1n) is 10.9. The molecule has 0 spiro atoms. The molecular weight excluding hydrogens is 414 g/mol. The van der Waals surface area contributed by atoms with Crippen LogP contribution < -0.4 is 22.1 Å². The zero-order valence-electron chi connectivity index (χ0n) is 18.2. The van der Waals surface area contributed by atoms with Crippen molar-refractivity contribution in [1.82, 2.24) is 15.5 Å². The maximum absolute atomic E-state index is 12.9.